The molecule has 1 saturated carbocycles. The summed E-state index contributed by atoms with van der Waals surface area (Å²) in [6, 6.07) is 17.1. The highest BCUT2D eigenvalue weighted by Crippen LogP contribution is 2.69. The number of carbonyl (C=O) groups is 3. The molecule has 2 aromatic rings. The molecular formula is C31H39N3O3. The number of benzene rings is 2. The molecule has 6 heteroatoms. The summed E-state index contributed by atoms with van der Waals surface area (Å²) < 4.78 is 0. The lowest BCUT2D eigenvalue weighted by Crippen LogP contribution is -2.55. The van der Waals surface area contributed by atoms with Gasteiger partial charge in [-0.05, 0) is 48.3 Å². The molecule has 6 nitrogen and oxygen atoms in total. The number of aryl methyl sites for hydroxylation is 1. The minimum Gasteiger partial charge on any atom is -0.327 e. The molecule has 2 saturated heterocycles. The molecule has 3 amide bonds. The lowest BCUT2D eigenvalue weighted by atomic mass is 9.97. The largest absolute Gasteiger partial charge is 0.327 e. The van der Waals surface area contributed by atoms with Crippen LogP contribution in [-0.2, 0) is 20.9 Å². The van der Waals surface area contributed by atoms with Crippen molar-refractivity contribution in [3.63, 3.8) is 0 Å². The van der Waals surface area contributed by atoms with Gasteiger partial charge in [0.05, 0.1) is 12.1 Å². The predicted octanol–water partition coefficient (Wildman–Crippen LogP) is 4.80. The normalized spacial score (nSPS) is 23.9. The third-order valence-corrected chi connectivity index (χ3v) is 9.47. The Morgan fingerprint density at radius 1 is 0.919 bits per heavy atom. The summed E-state index contributed by atoms with van der Waals surface area (Å²) >= 11 is 0. The van der Waals surface area contributed by atoms with Gasteiger partial charge in [0, 0.05) is 31.6 Å². The van der Waals surface area contributed by atoms with E-state index in [2.05, 4.69) is 56.9 Å². The summed E-state index contributed by atoms with van der Waals surface area (Å²) in [7, 11) is 0. The quantitative estimate of drug-likeness (QED) is 0.534. The first kappa shape index (κ1) is 25.7. The van der Waals surface area contributed by atoms with E-state index in [-0.39, 0.29) is 46.9 Å². The number of amides is 3. The molecule has 1 unspecified atom stereocenters. The fourth-order valence-corrected chi connectivity index (χ4v) is 6.55. The molecule has 37 heavy (non-hydrogen) atoms. The van der Waals surface area contributed by atoms with Crippen LogP contribution in [0, 0.1) is 23.7 Å². The van der Waals surface area contributed by atoms with Crippen LogP contribution in [0.2, 0.25) is 0 Å². The number of carbonyl (C=O) groups excluding carboxylic acids is 3. The van der Waals surface area contributed by atoms with Crippen molar-refractivity contribution in [1.29, 1.82) is 0 Å². The number of hydrogen-bond donors (Lipinski definition) is 0. The van der Waals surface area contributed by atoms with Crippen LogP contribution in [0.4, 0.5) is 5.69 Å². The molecule has 2 heterocycles. The smallest absolute Gasteiger partial charge is 0.257 e. The number of anilines is 1. The highest BCUT2D eigenvalue weighted by Gasteiger charge is 2.69. The van der Waals surface area contributed by atoms with E-state index < -0.39 is 6.04 Å². The van der Waals surface area contributed by atoms with Crippen molar-refractivity contribution < 1.29 is 14.4 Å². The summed E-state index contributed by atoms with van der Waals surface area (Å²) in [5.41, 5.74) is 2.65. The first-order valence-corrected chi connectivity index (χ1v) is 13.5. The zero-order chi connectivity index (χ0) is 26.5. The molecule has 0 aromatic heterocycles. The molecule has 5 rings (SSSR count). The third kappa shape index (κ3) is 4.50. The van der Waals surface area contributed by atoms with Gasteiger partial charge in [0.25, 0.3) is 5.91 Å². The Kier molecular flexibility index (Phi) is 6.51. The Morgan fingerprint density at radius 3 is 2.08 bits per heavy atom. The molecule has 0 spiro atoms. The molecule has 3 aliphatic rings. The van der Waals surface area contributed by atoms with Gasteiger partial charge in [-0.1, -0.05) is 75.7 Å². The molecule has 2 aliphatic heterocycles. The molecule has 0 bridgehead atoms. The molecule has 1 atom stereocenters. The summed E-state index contributed by atoms with van der Waals surface area (Å²) in [4.78, 5) is 46.6. The lowest BCUT2D eigenvalue weighted by molar-refractivity contribution is -0.144. The van der Waals surface area contributed by atoms with Crippen molar-refractivity contribution >= 4 is 23.4 Å². The highest BCUT2D eigenvalue weighted by atomic mass is 16.2. The van der Waals surface area contributed by atoms with Crippen LogP contribution in [0.15, 0.2) is 54.6 Å². The molecule has 1 aliphatic carbocycles. The van der Waals surface area contributed by atoms with Gasteiger partial charge in [0.15, 0.2) is 0 Å². The van der Waals surface area contributed by atoms with Crippen LogP contribution in [0.1, 0.15) is 58.1 Å². The monoisotopic (exact) mass is 501 g/mol. The first-order chi connectivity index (χ1) is 17.5. The van der Waals surface area contributed by atoms with Gasteiger partial charge in [-0.15, -0.1) is 0 Å². The fraction of sp³-hybridized carbons (Fsp3) is 0.516. The van der Waals surface area contributed by atoms with E-state index >= 15 is 0 Å². The van der Waals surface area contributed by atoms with Gasteiger partial charge in [-0.3, -0.25) is 19.3 Å². The zero-order valence-electron chi connectivity index (χ0n) is 22.7. The van der Waals surface area contributed by atoms with Gasteiger partial charge in [0.1, 0.15) is 6.04 Å². The van der Waals surface area contributed by atoms with E-state index in [9.17, 15) is 14.4 Å². The van der Waals surface area contributed by atoms with Gasteiger partial charge in [0.2, 0.25) is 11.8 Å². The van der Waals surface area contributed by atoms with Crippen LogP contribution in [0.3, 0.4) is 0 Å². The Labute approximate surface area is 220 Å². The SMILES string of the molecule is Cc1ccc(N2C(=O)CC(N(C(=O)C3C(C)(C)C3(C)C)C3CCN(Cc4ccccc4)CC3)C2=O)cc1. The minimum atomic E-state index is -0.737. The van der Waals surface area contributed by atoms with E-state index in [4.69, 9.17) is 0 Å². The maximum Gasteiger partial charge on any atom is 0.257 e. The molecular weight excluding hydrogens is 462 g/mol. The molecule has 3 fully saturated rings. The number of nitrogens with zero attached hydrogens (tertiary/aromatic N) is 3. The minimum absolute atomic E-state index is 0.0356. The maximum atomic E-state index is 14.2. The summed E-state index contributed by atoms with van der Waals surface area (Å²) in [6.45, 7) is 13.1. The number of likely N-dealkylation sites (tertiary alicyclic amines) is 1. The first-order valence-electron chi connectivity index (χ1n) is 13.5. The van der Waals surface area contributed by atoms with E-state index in [0.29, 0.717) is 5.69 Å². The summed E-state index contributed by atoms with van der Waals surface area (Å²) in [6.07, 6.45) is 1.65. The van der Waals surface area contributed by atoms with E-state index in [1.165, 1.54) is 10.5 Å². The van der Waals surface area contributed by atoms with Crippen LogP contribution >= 0.6 is 0 Å². The lowest BCUT2D eigenvalue weighted by Gasteiger charge is -2.41. The van der Waals surface area contributed by atoms with Crippen LogP contribution < -0.4 is 4.90 Å². The Balaban J connectivity index is 1.38. The van der Waals surface area contributed by atoms with Gasteiger partial charge in [-0.25, -0.2) is 4.90 Å². The van der Waals surface area contributed by atoms with Crippen molar-refractivity contribution in [2.45, 2.75) is 72.5 Å². The second-order valence-corrected chi connectivity index (χ2v) is 12.2. The highest BCUT2D eigenvalue weighted by molar-refractivity contribution is 6.23. The van der Waals surface area contributed by atoms with Gasteiger partial charge < -0.3 is 4.90 Å². The van der Waals surface area contributed by atoms with E-state index in [1.54, 1.807) is 0 Å². The Morgan fingerprint density at radius 2 is 1.51 bits per heavy atom. The zero-order valence-corrected chi connectivity index (χ0v) is 22.7. The molecule has 2 aromatic carbocycles. The average molecular weight is 502 g/mol. The van der Waals surface area contributed by atoms with Crippen molar-refractivity contribution in [2.24, 2.45) is 16.7 Å². The maximum absolute atomic E-state index is 14.2. The third-order valence-electron chi connectivity index (χ3n) is 9.47. The topological polar surface area (TPSA) is 60.9 Å². The van der Waals surface area contributed by atoms with E-state index in [0.717, 1.165) is 38.0 Å². The number of imide groups is 1. The predicted molar refractivity (Wildman–Crippen MR) is 145 cm³/mol. The second-order valence-electron chi connectivity index (χ2n) is 12.2. The van der Waals surface area contributed by atoms with Crippen molar-refractivity contribution in [1.82, 2.24) is 9.80 Å². The second kappa shape index (κ2) is 9.39. The van der Waals surface area contributed by atoms with Crippen molar-refractivity contribution in [2.75, 3.05) is 18.0 Å². The summed E-state index contributed by atoms with van der Waals surface area (Å²) in [5.74, 6) is -0.621. The average Bonchev–Trinajstić information content (AvgIpc) is 3.10. The number of rotatable bonds is 6. The van der Waals surface area contributed by atoms with Crippen LogP contribution in [0.5, 0.6) is 0 Å². The van der Waals surface area contributed by atoms with Crippen LogP contribution in [0.25, 0.3) is 0 Å². The van der Waals surface area contributed by atoms with Crippen molar-refractivity contribution in [3.8, 4) is 0 Å². The molecule has 0 N–H and O–H groups in total. The van der Waals surface area contributed by atoms with Crippen molar-refractivity contribution in [3.05, 3.63) is 65.7 Å². The summed E-state index contributed by atoms with van der Waals surface area (Å²) in [5, 5.41) is 0. The standard InChI is InChI=1S/C31H39N3O3/c1-21-11-13-23(14-12-21)34-26(35)19-25(28(34)36)33(29(37)27-30(2,3)31(27,4)5)24-15-17-32(18-16-24)20-22-9-7-6-8-10-22/h6-14,24-25,27H,15-20H2,1-5H3. The number of piperidine rings is 1. The Hall–Kier alpha value is -2.99. The molecule has 0 radical (unpaired) electrons. The Bertz CT molecular complexity index is 1170. The van der Waals surface area contributed by atoms with E-state index in [1.807, 2.05) is 42.2 Å². The fourth-order valence-electron chi connectivity index (χ4n) is 6.55. The van der Waals surface area contributed by atoms with Gasteiger partial charge >= 0.3 is 0 Å². The van der Waals surface area contributed by atoms with Crippen LogP contribution in [-0.4, -0.2) is 52.7 Å². The van der Waals surface area contributed by atoms with Gasteiger partial charge in [-0.2, -0.15) is 0 Å². The molecule has 196 valence electrons. The number of hydrogen-bond acceptors (Lipinski definition) is 4.